The SMILES string of the molecule is C[N+]1=C(C=CC2=CC(=CC=C3N(CCCCCC(=O)CCCCCC(=O)N4Cc5ccccc5C5=C(NNN5CCCOC5OC(CO)[C@@H](O[C@@H]6OC(CO)[C@@H](O[C@@H]7OC(CO)[C@@H](O)[C@H](O)C7O)[C@H](O)C6O)[C@H](O)C5O)c5ccccc54)c4ccccc4C3(C)C)CCC2)C(C)(C)c2ccccc21. The van der Waals surface area contributed by atoms with Gasteiger partial charge in [-0.15, -0.1) is 5.53 Å². The van der Waals surface area contributed by atoms with E-state index in [0.717, 1.165) is 91.7 Å². The van der Waals surface area contributed by atoms with Gasteiger partial charge in [0.25, 0.3) is 0 Å². The highest BCUT2D eigenvalue weighted by atomic mass is 16.8. The monoisotopic (exact) mass is 1420 g/mol. The average Bonchev–Trinajstić information content (AvgIpc) is 1.66. The summed E-state index contributed by atoms with van der Waals surface area (Å²) in [5.74, 6) is 0.240. The van der Waals surface area contributed by atoms with E-state index < -0.39 is 112 Å². The van der Waals surface area contributed by atoms with Crippen molar-refractivity contribution >= 4 is 45.9 Å². The van der Waals surface area contributed by atoms with E-state index in [-0.39, 0.29) is 29.1 Å². The Morgan fingerprint density at radius 3 is 1.88 bits per heavy atom. The average molecular weight is 1420 g/mol. The Labute approximate surface area is 602 Å². The molecule has 7 unspecified atom stereocenters. The van der Waals surface area contributed by atoms with Crippen molar-refractivity contribution in [3.63, 3.8) is 0 Å². The van der Waals surface area contributed by atoms with Gasteiger partial charge in [0.05, 0.1) is 55.5 Å². The smallest absolute Gasteiger partial charge is 0.227 e. The normalized spacial score (nSPS) is 30.3. The van der Waals surface area contributed by atoms with Crippen LogP contribution in [0, 0.1) is 0 Å². The zero-order chi connectivity index (χ0) is 72.9. The van der Waals surface area contributed by atoms with Crippen molar-refractivity contribution in [2.45, 2.75) is 221 Å². The third-order valence-electron chi connectivity index (χ3n) is 21.7. The second-order valence-electron chi connectivity index (χ2n) is 29.3. The minimum absolute atomic E-state index is 0.00193. The Morgan fingerprint density at radius 1 is 0.592 bits per heavy atom. The second-order valence-corrected chi connectivity index (χ2v) is 29.3. The van der Waals surface area contributed by atoms with Crippen LogP contribution in [0.4, 0.5) is 17.1 Å². The number of aliphatic hydroxyl groups is 10. The molecule has 0 bridgehead atoms. The van der Waals surface area contributed by atoms with Crippen LogP contribution in [0.15, 0.2) is 144 Å². The van der Waals surface area contributed by atoms with Crippen LogP contribution in [0.3, 0.4) is 0 Å². The number of anilines is 2. The van der Waals surface area contributed by atoms with E-state index in [1.54, 1.807) is 0 Å². The van der Waals surface area contributed by atoms with Gasteiger partial charge in [-0.1, -0.05) is 124 Å². The van der Waals surface area contributed by atoms with E-state index in [9.17, 15) is 60.7 Å². The third-order valence-corrected chi connectivity index (χ3v) is 21.7. The summed E-state index contributed by atoms with van der Waals surface area (Å²) in [6.07, 6.45) is -3.76. The number of fused-ring (bicyclic) bond motifs is 6. The molecule has 556 valence electrons. The van der Waals surface area contributed by atoms with Crippen LogP contribution in [0.1, 0.15) is 139 Å². The molecular weight excluding hydrogens is 1320 g/mol. The summed E-state index contributed by atoms with van der Waals surface area (Å²) in [6.45, 7) is 8.44. The Balaban J connectivity index is 0.594. The molecule has 0 saturated carbocycles. The molecule has 24 nitrogen and oxygen atoms in total. The highest BCUT2D eigenvalue weighted by molar-refractivity contribution is 6.03. The van der Waals surface area contributed by atoms with E-state index in [0.29, 0.717) is 45.2 Å². The number of allylic oxidation sites excluding steroid dienone is 8. The molecule has 0 spiro atoms. The molecule has 0 radical (unpaired) electrons. The summed E-state index contributed by atoms with van der Waals surface area (Å²) in [5, 5.41) is 108. The highest BCUT2D eigenvalue weighted by Crippen LogP contribution is 2.49. The van der Waals surface area contributed by atoms with Gasteiger partial charge in [-0.25, -0.2) is 0 Å². The third kappa shape index (κ3) is 16.0. The fourth-order valence-electron chi connectivity index (χ4n) is 15.9. The summed E-state index contributed by atoms with van der Waals surface area (Å²) < 4.78 is 36.8. The topological polar surface area (TPSA) is 329 Å². The number of nitrogens with one attached hydrogen (secondary N) is 2. The summed E-state index contributed by atoms with van der Waals surface area (Å²) in [6, 6.07) is 33.1. The number of carbonyl (C=O) groups is 2. The first-order valence-electron chi connectivity index (χ1n) is 36.5. The lowest BCUT2D eigenvalue weighted by Crippen LogP contribution is -2.66. The molecule has 4 aromatic carbocycles. The van der Waals surface area contributed by atoms with Crippen LogP contribution in [-0.2, 0) is 55.4 Å². The number of hydrogen-bond donors (Lipinski definition) is 12. The number of rotatable bonds is 27. The number of ketones is 1. The van der Waals surface area contributed by atoms with Crippen molar-refractivity contribution in [3.8, 4) is 0 Å². The van der Waals surface area contributed by atoms with Crippen molar-refractivity contribution in [1.29, 1.82) is 0 Å². The number of ether oxygens (including phenoxy) is 6. The second kappa shape index (κ2) is 33.3. The van der Waals surface area contributed by atoms with E-state index in [2.05, 4.69) is 134 Å². The lowest BCUT2D eigenvalue weighted by atomic mass is 9.81. The molecule has 3 saturated heterocycles. The molecule has 7 heterocycles. The quantitative estimate of drug-likeness (QED) is 0.0255. The number of nitrogens with zero attached hydrogens (tertiary/aromatic N) is 4. The Hall–Kier alpha value is -6.89. The molecule has 0 aromatic heterocycles. The molecule has 4 aromatic rings. The maximum absolute atomic E-state index is 14.4. The lowest BCUT2D eigenvalue weighted by Gasteiger charge is -2.48. The number of aliphatic hydroxyl groups excluding tert-OH is 10. The van der Waals surface area contributed by atoms with Crippen LogP contribution in [0.5, 0.6) is 0 Å². The standard InChI is InChI=1S/C79H103N6O18/c1-78(2)53-29-14-17-32-56(53)82(5)61(78)37-35-47-22-20-23-48(42-47)36-38-62-79(3,4)54-30-15-18-33-57(54)83(62)39-19-7-9-26-50(89)25-8-6-10-34-63(90)84-43-49-24-11-12-27-51(49)65-64(52-28-13-16-31-55(52)84)80-81-85(65)40-21-41-98-75-71(96)68(93)73(59(45-87)100-75)103-77-72(97)69(94)74(60(46-88)101-77)102-76-70(95)67(92)66(91)58(44-86)99-76/h11-18,24,27-33,35-38,42,58-60,66-77,80-81,86-88,91-97H,6-10,19-23,25-26,34,39-41,43-46H2,1-5H3/q+1/t58?,59?,60?,66-,67+,68-,69-,70?,71?,72?,73-,74-,75?,76+,77+/m1/s1. The molecule has 7 aliphatic heterocycles. The number of Topliss-reactive ketones (excluding diaryl/α,β-unsaturated/α-hetero) is 1. The van der Waals surface area contributed by atoms with Crippen molar-refractivity contribution in [3.05, 3.63) is 172 Å². The van der Waals surface area contributed by atoms with Crippen LogP contribution >= 0.6 is 0 Å². The molecule has 12 rings (SSSR count). The fourth-order valence-corrected chi connectivity index (χ4v) is 15.9. The molecule has 103 heavy (non-hydrogen) atoms. The van der Waals surface area contributed by atoms with Gasteiger partial charge in [-0.3, -0.25) is 14.6 Å². The first-order chi connectivity index (χ1) is 49.6. The number of carbonyl (C=O) groups excluding carboxylic acids is 2. The number of para-hydroxylation sites is 3. The maximum atomic E-state index is 14.4. The van der Waals surface area contributed by atoms with Gasteiger partial charge in [0.1, 0.15) is 86.1 Å². The predicted octanol–water partition coefficient (Wildman–Crippen LogP) is 5.60. The number of hydrazine groups is 2. The number of benzene rings is 4. The number of amides is 1. The molecule has 1 amide bonds. The molecule has 15 atom stereocenters. The van der Waals surface area contributed by atoms with Crippen molar-refractivity contribution < 1.29 is 93.7 Å². The van der Waals surface area contributed by atoms with Crippen molar-refractivity contribution in [2.24, 2.45) is 0 Å². The van der Waals surface area contributed by atoms with Gasteiger partial charge in [-0.05, 0) is 106 Å². The van der Waals surface area contributed by atoms with Crippen molar-refractivity contribution in [1.82, 2.24) is 16.0 Å². The van der Waals surface area contributed by atoms with Gasteiger partial charge in [-0.2, -0.15) is 4.58 Å². The molecule has 24 heteroatoms. The summed E-state index contributed by atoms with van der Waals surface area (Å²) in [5.41, 5.74) is 21.9. The van der Waals surface area contributed by atoms with Crippen LogP contribution in [0.2, 0.25) is 0 Å². The Morgan fingerprint density at radius 2 is 1.18 bits per heavy atom. The molecule has 12 N–H and O–H groups in total. The minimum atomic E-state index is -1.97. The fraction of sp³-hybridized carbons (Fsp3) is 0.532. The molecule has 8 aliphatic rings. The molecule has 1 aliphatic carbocycles. The van der Waals surface area contributed by atoms with Crippen molar-refractivity contribution in [2.75, 3.05) is 56.4 Å². The summed E-state index contributed by atoms with van der Waals surface area (Å²) in [4.78, 5) is 32.1. The highest BCUT2D eigenvalue weighted by Gasteiger charge is 2.54. The van der Waals surface area contributed by atoms with E-state index in [1.807, 2.05) is 58.4 Å². The van der Waals surface area contributed by atoms with Gasteiger partial charge in [0.15, 0.2) is 24.6 Å². The first-order valence-corrected chi connectivity index (χ1v) is 36.5. The largest absolute Gasteiger partial charge is 0.394 e. The summed E-state index contributed by atoms with van der Waals surface area (Å²) >= 11 is 0. The number of hydrogen-bond acceptors (Lipinski definition) is 22. The maximum Gasteiger partial charge on any atom is 0.227 e. The minimum Gasteiger partial charge on any atom is -0.394 e. The van der Waals surface area contributed by atoms with E-state index in [4.69, 9.17) is 28.4 Å². The van der Waals surface area contributed by atoms with Gasteiger partial charge < -0.3 is 94.7 Å². The summed E-state index contributed by atoms with van der Waals surface area (Å²) in [7, 11) is 2.17. The van der Waals surface area contributed by atoms with Crippen LogP contribution < -0.4 is 20.8 Å². The lowest BCUT2D eigenvalue weighted by molar-refractivity contribution is -0.401. The predicted molar refractivity (Wildman–Crippen MR) is 384 cm³/mol. The van der Waals surface area contributed by atoms with Gasteiger partial charge >= 0.3 is 0 Å². The Kier molecular flexibility index (Phi) is 24.5. The van der Waals surface area contributed by atoms with Gasteiger partial charge in [0.2, 0.25) is 11.6 Å². The first kappa shape index (κ1) is 75.8. The Bertz CT molecular complexity index is 3850. The zero-order valence-electron chi connectivity index (χ0n) is 59.5. The zero-order valence-corrected chi connectivity index (χ0v) is 59.5. The molecular formula is C79H103N6O18+. The van der Waals surface area contributed by atoms with E-state index >= 15 is 0 Å². The van der Waals surface area contributed by atoms with E-state index in [1.165, 1.54) is 45.1 Å². The molecule has 3 fully saturated rings. The number of unbranched alkanes of at least 4 members (excludes halogenated alkanes) is 4. The van der Waals surface area contributed by atoms with Crippen LogP contribution in [0.25, 0.3) is 11.4 Å². The van der Waals surface area contributed by atoms with Crippen LogP contribution in [-0.4, -0.2) is 217 Å². The van der Waals surface area contributed by atoms with Gasteiger partial charge in [0, 0.05) is 78.0 Å².